The van der Waals surface area contributed by atoms with Crippen LogP contribution in [0.2, 0.25) is 0 Å². The van der Waals surface area contributed by atoms with E-state index in [0.29, 0.717) is 5.56 Å². The first kappa shape index (κ1) is 18.1. The van der Waals surface area contributed by atoms with E-state index in [0.717, 1.165) is 33.4 Å². The number of hydrogen-bond acceptors (Lipinski definition) is 3. The average Bonchev–Trinajstić information content (AvgIpc) is 2.96. The molecule has 1 heterocycles. The molecule has 3 rings (SSSR count). The van der Waals surface area contributed by atoms with Gasteiger partial charge in [-0.15, -0.1) is 0 Å². The fraction of sp³-hybridized carbons (Fsp3) is 0.150. The fourth-order valence-corrected chi connectivity index (χ4v) is 3.12. The predicted octanol–water partition coefficient (Wildman–Crippen LogP) is 4.52. The summed E-state index contributed by atoms with van der Waals surface area (Å²) in [7, 11) is 0. The maximum atomic E-state index is 12.3. The highest BCUT2D eigenvalue weighted by molar-refractivity contribution is 9.12. The number of hydrogen-bond donors (Lipinski definition) is 1. The first-order valence-electron chi connectivity index (χ1n) is 8.31. The number of rotatable bonds is 5. The molecule has 0 unspecified atom stereocenters. The van der Waals surface area contributed by atoms with Gasteiger partial charge in [-0.2, -0.15) is 5.10 Å². The van der Waals surface area contributed by atoms with Crippen molar-refractivity contribution in [3.63, 3.8) is 0 Å². The number of carbonyl (C=O) groups excluding carboxylic acids is 1. The van der Waals surface area contributed by atoms with Crippen LogP contribution in [0.3, 0.4) is 0 Å². The van der Waals surface area contributed by atoms with Crippen molar-refractivity contribution in [2.45, 2.75) is 20.4 Å². The first-order chi connectivity index (χ1) is 12.6. The number of nitrogens with zero attached hydrogens (tertiary/aromatic N) is 3. The molecule has 0 aliphatic carbocycles. The monoisotopic (exact) mass is 410 g/mol. The quantitative estimate of drug-likeness (QED) is 0.496. The number of fused-ring (bicyclic) bond motifs is 1. The molecule has 132 valence electrons. The largest absolute Gasteiger partial charge is 0.329 e. The maximum Gasteiger partial charge on any atom is 0.271 e. The summed E-state index contributed by atoms with van der Waals surface area (Å²) in [6.07, 6.45) is 3.47. The van der Waals surface area contributed by atoms with Gasteiger partial charge in [0.25, 0.3) is 5.91 Å². The van der Waals surface area contributed by atoms with Crippen molar-refractivity contribution in [1.29, 1.82) is 0 Å². The van der Waals surface area contributed by atoms with E-state index in [4.69, 9.17) is 0 Å². The standard InChI is InChI=1S/C20H19BrN4O/c1-3-25-14(2)23-18-12-16(9-10-19(18)25)20(26)24-22-13-17(21)11-15-7-5-4-6-8-15/h4-13H,3H2,1-2H3,(H,24,26)/b17-11-,22-13-. The summed E-state index contributed by atoms with van der Waals surface area (Å²) >= 11 is 3.42. The van der Waals surface area contributed by atoms with Crippen molar-refractivity contribution in [3.8, 4) is 0 Å². The lowest BCUT2D eigenvalue weighted by molar-refractivity contribution is 0.0955. The molecule has 0 saturated heterocycles. The number of aromatic nitrogens is 2. The summed E-state index contributed by atoms with van der Waals surface area (Å²) < 4.78 is 2.87. The summed E-state index contributed by atoms with van der Waals surface area (Å²) in [4.78, 5) is 16.8. The molecule has 2 aromatic carbocycles. The Hall–Kier alpha value is -2.73. The number of imidazole rings is 1. The zero-order chi connectivity index (χ0) is 18.5. The van der Waals surface area contributed by atoms with E-state index in [1.807, 2.05) is 49.4 Å². The van der Waals surface area contributed by atoms with Crippen LogP contribution in [-0.4, -0.2) is 21.7 Å². The van der Waals surface area contributed by atoms with Gasteiger partial charge in [-0.3, -0.25) is 4.79 Å². The Balaban J connectivity index is 1.70. The number of hydrazone groups is 1. The van der Waals surface area contributed by atoms with Gasteiger partial charge in [0.05, 0.1) is 17.2 Å². The van der Waals surface area contributed by atoms with Crippen LogP contribution in [0.4, 0.5) is 0 Å². The summed E-state index contributed by atoms with van der Waals surface area (Å²) in [5, 5.41) is 4.00. The Morgan fingerprint density at radius 3 is 2.77 bits per heavy atom. The summed E-state index contributed by atoms with van der Waals surface area (Å²) in [5.74, 6) is 0.667. The molecule has 0 bridgehead atoms. The molecule has 0 radical (unpaired) electrons. The average molecular weight is 411 g/mol. The van der Waals surface area contributed by atoms with E-state index >= 15 is 0 Å². The molecule has 3 aromatic rings. The van der Waals surface area contributed by atoms with Gasteiger partial charge in [0.2, 0.25) is 0 Å². The van der Waals surface area contributed by atoms with E-state index < -0.39 is 0 Å². The van der Waals surface area contributed by atoms with Gasteiger partial charge in [0.1, 0.15) is 5.82 Å². The van der Waals surface area contributed by atoms with Gasteiger partial charge in [-0.05, 0) is 59.6 Å². The van der Waals surface area contributed by atoms with Crippen LogP contribution in [-0.2, 0) is 6.54 Å². The molecule has 0 aliphatic rings. The van der Waals surface area contributed by atoms with Crippen molar-refractivity contribution in [2.24, 2.45) is 5.10 Å². The van der Waals surface area contributed by atoms with E-state index in [1.165, 1.54) is 0 Å². The smallest absolute Gasteiger partial charge is 0.271 e. The van der Waals surface area contributed by atoms with Crippen LogP contribution in [0.1, 0.15) is 28.7 Å². The lowest BCUT2D eigenvalue weighted by atomic mass is 10.2. The number of benzene rings is 2. The Kier molecular flexibility index (Phi) is 5.63. The van der Waals surface area contributed by atoms with Gasteiger partial charge in [-0.1, -0.05) is 30.3 Å². The van der Waals surface area contributed by atoms with Gasteiger partial charge < -0.3 is 4.57 Å². The third-order valence-corrected chi connectivity index (χ3v) is 4.41. The van der Waals surface area contributed by atoms with Crippen molar-refractivity contribution in [2.75, 3.05) is 0 Å². The lowest BCUT2D eigenvalue weighted by Gasteiger charge is -2.03. The Morgan fingerprint density at radius 1 is 1.27 bits per heavy atom. The zero-order valence-electron chi connectivity index (χ0n) is 14.6. The number of carbonyl (C=O) groups is 1. The van der Waals surface area contributed by atoms with Crippen molar-refractivity contribution < 1.29 is 4.79 Å². The second kappa shape index (κ2) is 8.10. The highest BCUT2D eigenvalue weighted by Crippen LogP contribution is 2.17. The van der Waals surface area contributed by atoms with Gasteiger partial charge in [-0.25, -0.2) is 10.4 Å². The van der Waals surface area contributed by atoms with Crippen LogP contribution in [0, 0.1) is 6.92 Å². The maximum absolute atomic E-state index is 12.3. The number of allylic oxidation sites excluding steroid dienone is 1. The first-order valence-corrected chi connectivity index (χ1v) is 9.10. The Morgan fingerprint density at radius 2 is 2.04 bits per heavy atom. The molecule has 5 nitrogen and oxygen atoms in total. The molecule has 26 heavy (non-hydrogen) atoms. The SMILES string of the molecule is CCn1c(C)nc2cc(C(=O)N/N=C\C(Br)=C\c3ccccc3)ccc21. The third-order valence-electron chi connectivity index (χ3n) is 3.98. The summed E-state index contributed by atoms with van der Waals surface area (Å²) in [5.41, 5.74) is 5.95. The molecule has 1 N–H and O–H groups in total. The number of amides is 1. The van der Waals surface area contributed by atoms with Crippen molar-refractivity contribution in [1.82, 2.24) is 15.0 Å². The minimum atomic E-state index is -0.271. The molecular weight excluding hydrogens is 392 g/mol. The number of nitrogens with one attached hydrogen (secondary N) is 1. The topological polar surface area (TPSA) is 59.3 Å². The number of halogens is 1. The molecule has 0 fully saturated rings. The van der Waals surface area contributed by atoms with E-state index in [1.54, 1.807) is 18.3 Å². The zero-order valence-corrected chi connectivity index (χ0v) is 16.2. The van der Waals surface area contributed by atoms with Crippen molar-refractivity contribution in [3.05, 3.63) is 70.0 Å². The molecular formula is C20H19BrN4O. The highest BCUT2D eigenvalue weighted by Gasteiger charge is 2.10. The summed E-state index contributed by atoms with van der Waals surface area (Å²) in [6.45, 7) is 4.88. The second-order valence-corrected chi connectivity index (χ2v) is 6.66. The Bertz CT molecular complexity index is 990. The van der Waals surface area contributed by atoms with Crippen LogP contribution >= 0.6 is 15.9 Å². The van der Waals surface area contributed by atoms with Gasteiger partial charge in [0, 0.05) is 16.6 Å². The summed E-state index contributed by atoms with van der Waals surface area (Å²) in [6, 6.07) is 15.3. The Labute approximate surface area is 160 Å². The van der Waals surface area contributed by atoms with E-state index in [-0.39, 0.29) is 5.91 Å². The number of aryl methyl sites for hydroxylation is 2. The molecule has 0 saturated carbocycles. The minimum absolute atomic E-state index is 0.271. The predicted molar refractivity (Wildman–Crippen MR) is 109 cm³/mol. The van der Waals surface area contributed by atoms with Crippen molar-refractivity contribution >= 4 is 45.2 Å². The minimum Gasteiger partial charge on any atom is -0.329 e. The van der Waals surface area contributed by atoms with E-state index in [9.17, 15) is 4.79 Å². The highest BCUT2D eigenvalue weighted by atomic mass is 79.9. The third kappa shape index (κ3) is 4.08. The molecule has 6 heteroatoms. The molecule has 0 spiro atoms. The lowest BCUT2D eigenvalue weighted by Crippen LogP contribution is -2.17. The molecule has 0 aliphatic heterocycles. The molecule has 0 atom stereocenters. The van der Waals surface area contributed by atoms with Crippen LogP contribution in [0.15, 0.2) is 58.1 Å². The van der Waals surface area contributed by atoms with Crippen LogP contribution in [0.25, 0.3) is 17.1 Å². The fourth-order valence-electron chi connectivity index (χ4n) is 2.75. The van der Waals surface area contributed by atoms with Gasteiger partial charge in [0.15, 0.2) is 0 Å². The van der Waals surface area contributed by atoms with Gasteiger partial charge >= 0.3 is 0 Å². The molecule has 1 amide bonds. The second-order valence-electron chi connectivity index (χ2n) is 5.75. The molecule has 1 aromatic heterocycles. The van der Waals surface area contributed by atoms with E-state index in [2.05, 4.69) is 42.9 Å². The van der Waals surface area contributed by atoms with Crippen LogP contribution in [0.5, 0.6) is 0 Å². The normalized spacial score (nSPS) is 12.0. The van der Waals surface area contributed by atoms with Crippen LogP contribution < -0.4 is 5.43 Å².